The first-order valence-corrected chi connectivity index (χ1v) is 14.4. The van der Waals surface area contributed by atoms with Crippen molar-refractivity contribution in [2.45, 2.75) is 13.8 Å². The number of anilines is 4. The minimum atomic E-state index is -2.49. The van der Waals surface area contributed by atoms with E-state index in [1.165, 1.54) is 29.6 Å². The average molecular weight is 593 g/mol. The van der Waals surface area contributed by atoms with Crippen LogP contribution in [0.5, 0.6) is 11.5 Å². The van der Waals surface area contributed by atoms with E-state index in [0.29, 0.717) is 28.4 Å². The quantitative estimate of drug-likeness (QED) is 0.149. The summed E-state index contributed by atoms with van der Waals surface area (Å²) in [4.78, 5) is 12.7. The minimum Gasteiger partial charge on any atom is -0.465 e. The maximum atomic E-state index is 12.7. The molecule has 2 N–H and O–H groups in total. The highest BCUT2D eigenvalue weighted by molar-refractivity contribution is 7.81. The predicted molar refractivity (Wildman–Crippen MR) is 163 cm³/mol. The van der Waals surface area contributed by atoms with Gasteiger partial charge in [-0.05, 0) is 74.5 Å². The Morgan fingerprint density at radius 3 is 1.68 bits per heavy atom. The van der Waals surface area contributed by atoms with Crippen molar-refractivity contribution in [3.05, 3.63) is 114 Å². The molecule has 0 aliphatic rings. The number of ether oxygens (including phenoxy) is 2. The first-order valence-electron chi connectivity index (χ1n) is 12.2. The number of aryl methyl sites for hydroxylation is 2. The van der Waals surface area contributed by atoms with Crippen molar-refractivity contribution >= 4 is 57.3 Å². The van der Waals surface area contributed by atoms with E-state index in [4.69, 9.17) is 9.47 Å². The van der Waals surface area contributed by atoms with Crippen LogP contribution in [0, 0.1) is 13.8 Å². The molecule has 212 valence electrons. The molecular weight excluding hydrogens is 564 g/mol. The topological polar surface area (TPSA) is 117 Å². The van der Waals surface area contributed by atoms with Crippen molar-refractivity contribution in [1.29, 1.82) is 0 Å². The van der Waals surface area contributed by atoms with Gasteiger partial charge in [-0.2, -0.15) is 0 Å². The van der Waals surface area contributed by atoms with Crippen LogP contribution in [0.3, 0.4) is 0 Å². The summed E-state index contributed by atoms with van der Waals surface area (Å²) in [5, 5.41) is 0. The third-order valence-electron chi connectivity index (χ3n) is 6.11. The number of rotatable bonds is 10. The van der Waals surface area contributed by atoms with E-state index in [1.54, 1.807) is 60.7 Å². The maximum absolute atomic E-state index is 12.7. The lowest BCUT2D eigenvalue weighted by atomic mass is 10.1. The molecule has 9 nitrogen and oxygen atoms in total. The largest absolute Gasteiger partial charge is 0.465 e. The normalized spacial score (nSPS) is 12.2. The van der Waals surface area contributed by atoms with Crippen molar-refractivity contribution in [2.24, 2.45) is 0 Å². The summed E-state index contributed by atoms with van der Waals surface area (Å²) >= 11 is -4.86. The molecular formula is C30H28N2O7S2. The molecule has 0 saturated carbocycles. The highest BCUT2D eigenvalue weighted by atomic mass is 32.2. The number of carbonyl (C=O) groups excluding carboxylic acids is 1. The van der Waals surface area contributed by atoms with Gasteiger partial charge >= 0.3 is 5.97 Å². The summed E-state index contributed by atoms with van der Waals surface area (Å²) in [6.07, 6.45) is 1.54. The summed E-state index contributed by atoms with van der Waals surface area (Å²) in [5.74, 6) is -0.110. The maximum Gasteiger partial charge on any atom is 0.340 e. The van der Waals surface area contributed by atoms with Gasteiger partial charge in [0.05, 0.1) is 35.4 Å². The Hall–Kier alpha value is -4.29. The number of hydrogen-bond acceptors (Lipinski definition) is 5. The summed E-state index contributed by atoms with van der Waals surface area (Å²) in [5.41, 5.74) is 4.01. The van der Waals surface area contributed by atoms with Crippen LogP contribution in [0.25, 0.3) is 6.08 Å². The van der Waals surface area contributed by atoms with Crippen molar-refractivity contribution in [2.75, 3.05) is 15.7 Å². The van der Waals surface area contributed by atoms with Gasteiger partial charge in [-0.3, -0.25) is 9.11 Å². The fraction of sp³-hybridized carbons (Fsp3) is 0.100. The number of nitrogens with zero attached hydrogens (tertiary/aromatic N) is 2. The lowest BCUT2D eigenvalue weighted by molar-refractivity contribution is 0.0601. The van der Waals surface area contributed by atoms with Gasteiger partial charge in [-0.25, -0.2) is 21.8 Å². The van der Waals surface area contributed by atoms with Crippen LogP contribution in [0.4, 0.5) is 22.7 Å². The van der Waals surface area contributed by atoms with E-state index in [0.717, 1.165) is 15.4 Å². The van der Waals surface area contributed by atoms with Crippen LogP contribution in [0.15, 0.2) is 91.5 Å². The second-order valence-corrected chi connectivity index (χ2v) is 10.6. The highest BCUT2D eigenvalue weighted by Crippen LogP contribution is 2.37. The van der Waals surface area contributed by atoms with Crippen LogP contribution >= 0.6 is 0 Å². The molecule has 0 aliphatic carbocycles. The predicted octanol–water partition coefficient (Wildman–Crippen LogP) is 7.07. The van der Waals surface area contributed by atoms with Crippen molar-refractivity contribution in [3.8, 4) is 11.5 Å². The van der Waals surface area contributed by atoms with Crippen molar-refractivity contribution in [1.82, 2.24) is 0 Å². The molecule has 4 aromatic carbocycles. The van der Waals surface area contributed by atoms with Gasteiger partial charge in [0, 0.05) is 5.56 Å². The fourth-order valence-corrected chi connectivity index (χ4v) is 5.36. The molecule has 0 spiro atoms. The van der Waals surface area contributed by atoms with Crippen LogP contribution in [0.1, 0.15) is 27.0 Å². The Bertz CT molecular complexity index is 1620. The van der Waals surface area contributed by atoms with Crippen LogP contribution in [0.2, 0.25) is 0 Å². The zero-order valence-corrected chi connectivity index (χ0v) is 24.1. The van der Waals surface area contributed by atoms with Gasteiger partial charge in [-0.1, -0.05) is 48.0 Å². The lowest BCUT2D eigenvalue weighted by Crippen LogP contribution is -2.22. The highest BCUT2D eigenvalue weighted by Gasteiger charge is 2.24. The number of carbonyl (C=O) groups is 1. The average Bonchev–Trinajstić information content (AvgIpc) is 2.95. The third kappa shape index (κ3) is 6.72. The number of esters is 1. The molecule has 41 heavy (non-hydrogen) atoms. The van der Waals surface area contributed by atoms with Gasteiger partial charge in [0.2, 0.25) is 0 Å². The van der Waals surface area contributed by atoms with E-state index in [2.05, 4.69) is 6.58 Å². The van der Waals surface area contributed by atoms with Crippen LogP contribution in [-0.2, 0) is 27.3 Å². The molecule has 2 unspecified atom stereocenters. The van der Waals surface area contributed by atoms with E-state index in [-0.39, 0.29) is 17.0 Å². The molecule has 0 heterocycles. The standard InChI is InChI=1S/C30H28N2O7S2/c1-5-22-18-25(14-16-28(22)31(40(34)35)23-10-6-20(2)7-11-23)39-26-15-17-29(27(19-26)30(33)38-4)32(41(36)37)24-12-8-21(3)9-13-24/h5-19H,1H2,2-4H3,(H,34,35)(H,36,37). The monoisotopic (exact) mass is 592 g/mol. The Morgan fingerprint density at radius 1 is 0.756 bits per heavy atom. The van der Waals surface area contributed by atoms with E-state index >= 15 is 0 Å². The Kier molecular flexibility index (Phi) is 9.35. The van der Waals surface area contributed by atoms with E-state index in [1.807, 2.05) is 26.0 Å². The molecule has 0 saturated heterocycles. The molecule has 0 aliphatic heterocycles. The smallest absolute Gasteiger partial charge is 0.340 e. The zero-order chi connectivity index (χ0) is 29.7. The minimum absolute atomic E-state index is 0.00904. The Labute approximate surface area is 243 Å². The fourth-order valence-electron chi connectivity index (χ4n) is 4.10. The molecule has 0 amide bonds. The second kappa shape index (κ2) is 12.9. The summed E-state index contributed by atoms with van der Waals surface area (Å²) in [7, 11) is 1.21. The van der Waals surface area contributed by atoms with Gasteiger partial charge in [-0.15, -0.1) is 0 Å². The number of methoxy groups -OCH3 is 1. The number of hydrogen-bond donors (Lipinski definition) is 2. The van der Waals surface area contributed by atoms with E-state index < -0.39 is 28.5 Å². The first-order chi connectivity index (χ1) is 19.6. The van der Waals surface area contributed by atoms with Gasteiger partial charge in [0.25, 0.3) is 22.5 Å². The van der Waals surface area contributed by atoms with Crippen molar-refractivity contribution < 1.29 is 31.8 Å². The molecule has 0 aromatic heterocycles. The second-order valence-electron chi connectivity index (χ2n) is 8.92. The molecule has 4 rings (SSSR count). The third-order valence-corrected chi connectivity index (χ3v) is 7.55. The first kappa shape index (κ1) is 29.7. The Morgan fingerprint density at radius 2 is 1.22 bits per heavy atom. The Balaban J connectivity index is 1.71. The van der Waals surface area contributed by atoms with E-state index in [9.17, 15) is 22.3 Å². The van der Waals surface area contributed by atoms with Crippen LogP contribution in [-0.4, -0.2) is 30.6 Å². The molecule has 11 heteroatoms. The van der Waals surface area contributed by atoms with Gasteiger partial charge in [0.15, 0.2) is 0 Å². The molecule has 0 bridgehead atoms. The molecule has 4 aromatic rings. The molecule has 0 radical (unpaired) electrons. The zero-order valence-electron chi connectivity index (χ0n) is 22.5. The summed E-state index contributed by atoms with van der Waals surface area (Å²) in [6, 6.07) is 23.4. The van der Waals surface area contributed by atoms with Crippen molar-refractivity contribution in [3.63, 3.8) is 0 Å². The summed E-state index contributed by atoms with van der Waals surface area (Å²) < 4.78 is 58.1. The van der Waals surface area contributed by atoms with Crippen LogP contribution < -0.4 is 13.3 Å². The molecule has 2 atom stereocenters. The molecule has 0 fully saturated rings. The van der Waals surface area contributed by atoms with Gasteiger partial charge < -0.3 is 9.47 Å². The van der Waals surface area contributed by atoms with Gasteiger partial charge in [0.1, 0.15) is 11.5 Å². The summed E-state index contributed by atoms with van der Waals surface area (Å²) in [6.45, 7) is 7.65. The lowest BCUT2D eigenvalue weighted by Gasteiger charge is -2.23. The SMILES string of the molecule is C=Cc1cc(Oc2ccc(N(c3ccc(C)cc3)S(=O)O)c(C(=O)OC)c2)ccc1N(c1ccc(C)cc1)S(=O)O. The number of benzene rings is 4.